The Morgan fingerprint density at radius 3 is 2.72 bits per heavy atom. The van der Waals surface area contributed by atoms with Gasteiger partial charge in [-0.1, -0.05) is 6.92 Å². The van der Waals surface area contributed by atoms with Gasteiger partial charge in [0.15, 0.2) is 32.0 Å². The van der Waals surface area contributed by atoms with Crippen LogP contribution >= 0.6 is 0 Å². The summed E-state index contributed by atoms with van der Waals surface area (Å²) in [7, 11) is -3.87. The van der Waals surface area contributed by atoms with Crippen molar-refractivity contribution >= 4 is 26.9 Å². The van der Waals surface area contributed by atoms with Gasteiger partial charge in [-0.05, 0) is 18.2 Å². The number of alkyl halides is 3. The maximum absolute atomic E-state index is 13.1. The van der Waals surface area contributed by atoms with Crippen molar-refractivity contribution < 1.29 is 21.6 Å². The van der Waals surface area contributed by atoms with E-state index in [0.717, 1.165) is 22.8 Å². The SMILES string of the molecule is CCS(=O)(=O)c1nn2c(NCCC#N)ccnc2c1-c1nc2cc(C(F)(F)F)ccn2n1. The van der Waals surface area contributed by atoms with Gasteiger partial charge in [0.1, 0.15) is 11.4 Å². The molecule has 1 N–H and O–H groups in total. The highest BCUT2D eigenvalue weighted by molar-refractivity contribution is 7.91. The van der Waals surface area contributed by atoms with E-state index in [-0.39, 0.29) is 46.4 Å². The number of sulfone groups is 1. The summed E-state index contributed by atoms with van der Waals surface area (Å²) in [6, 6.07) is 5.20. The molecular formula is C18H15F3N8O2S. The van der Waals surface area contributed by atoms with Crippen LogP contribution in [-0.2, 0) is 16.0 Å². The molecule has 0 bridgehead atoms. The van der Waals surface area contributed by atoms with Gasteiger partial charge in [-0.25, -0.2) is 22.9 Å². The summed E-state index contributed by atoms with van der Waals surface area (Å²) in [5.41, 5.74) is -0.941. The molecule has 0 saturated heterocycles. The van der Waals surface area contributed by atoms with Crippen LogP contribution in [0.15, 0.2) is 35.6 Å². The minimum absolute atomic E-state index is 0.0203. The summed E-state index contributed by atoms with van der Waals surface area (Å²) in [5.74, 6) is -0.0210. The van der Waals surface area contributed by atoms with E-state index in [1.165, 1.54) is 17.6 Å². The van der Waals surface area contributed by atoms with Crippen LogP contribution in [0.5, 0.6) is 0 Å². The standard InChI is InChI=1S/C18H15F3N8O2S/c1-2-32(30,31)17-14(16-24-8-4-12(29(16)27-17)23-7-3-6-22)15-25-13-10-11(18(19,20)21)5-9-28(13)26-15/h4-5,8-10,23H,2-3,7H2,1H3. The van der Waals surface area contributed by atoms with E-state index >= 15 is 0 Å². The zero-order valence-electron chi connectivity index (χ0n) is 16.5. The van der Waals surface area contributed by atoms with E-state index in [1.54, 1.807) is 6.07 Å². The number of nitrogens with one attached hydrogen (secondary N) is 1. The quantitative estimate of drug-likeness (QED) is 0.431. The molecule has 4 rings (SSSR count). The molecule has 0 spiro atoms. The molecule has 10 nitrogen and oxygen atoms in total. The van der Waals surface area contributed by atoms with Crippen LogP contribution in [0.3, 0.4) is 0 Å². The minimum Gasteiger partial charge on any atom is -0.369 e. The lowest BCUT2D eigenvalue weighted by Crippen LogP contribution is -2.08. The molecule has 0 aliphatic carbocycles. The van der Waals surface area contributed by atoms with Gasteiger partial charge in [0.2, 0.25) is 0 Å². The highest BCUT2D eigenvalue weighted by Crippen LogP contribution is 2.33. The van der Waals surface area contributed by atoms with Gasteiger partial charge >= 0.3 is 6.18 Å². The van der Waals surface area contributed by atoms with Crippen LogP contribution in [0.25, 0.3) is 22.7 Å². The minimum atomic E-state index is -4.57. The van der Waals surface area contributed by atoms with Gasteiger partial charge in [0.05, 0.1) is 23.8 Å². The second kappa shape index (κ2) is 7.75. The first-order chi connectivity index (χ1) is 15.2. The Hall–Kier alpha value is -3.73. The molecule has 14 heteroatoms. The van der Waals surface area contributed by atoms with Gasteiger partial charge in [0, 0.05) is 18.9 Å². The van der Waals surface area contributed by atoms with E-state index in [2.05, 4.69) is 25.5 Å². The van der Waals surface area contributed by atoms with Crippen molar-refractivity contribution in [1.29, 1.82) is 5.26 Å². The monoisotopic (exact) mass is 464 g/mol. The van der Waals surface area contributed by atoms with Crippen molar-refractivity contribution in [3.63, 3.8) is 0 Å². The number of pyridine rings is 1. The second-order valence-corrected chi connectivity index (χ2v) is 8.83. The number of halogens is 3. The van der Waals surface area contributed by atoms with Crippen molar-refractivity contribution in [1.82, 2.24) is 29.2 Å². The molecule has 0 aliphatic heterocycles. The maximum atomic E-state index is 13.1. The first kappa shape index (κ1) is 21.5. The number of nitriles is 1. The molecule has 32 heavy (non-hydrogen) atoms. The highest BCUT2D eigenvalue weighted by atomic mass is 32.2. The number of hydrogen-bond acceptors (Lipinski definition) is 8. The second-order valence-electron chi connectivity index (χ2n) is 6.64. The summed E-state index contributed by atoms with van der Waals surface area (Å²) in [4.78, 5) is 8.33. The highest BCUT2D eigenvalue weighted by Gasteiger charge is 2.32. The Morgan fingerprint density at radius 1 is 1.25 bits per heavy atom. The average molecular weight is 464 g/mol. The third-order valence-corrected chi connectivity index (χ3v) is 6.23. The van der Waals surface area contributed by atoms with Crippen LogP contribution in [0.4, 0.5) is 19.0 Å². The lowest BCUT2D eigenvalue weighted by molar-refractivity contribution is -0.137. The van der Waals surface area contributed by atoms with E-state index in [4.69, 9.17) is 5.26 Å². The summed E-state index contributed by atoms with van der Waals surface area (Å²) < 4.78 is 67.1. The third-order valence-electron chi connectivity index (χ3n) is 4.59. The van der Waals surface area contributed by atoms with Crippen molar-refractivity contribution in [2.24, 2.45) is 0 Å². The van der Waals surface area contributed by atoms with Crippen molar-refractivity contribution in [2.75, 3.05) is 17.6 Å². The normalized spacial score (nSPS) is 12.3. The fourth-order valence-electron chi connectivity index (χ4n) is 3.02. The largest absolute Gasteiger partial charge is 0.416 e. The first-order valence-electron chi connectivity index (χ1n) is 9.31. The summed E-state index contributed by atoms with van der Waals surface area (Å²) in [6.45, 7) is 1.73. The average Bonchev–Trinajstić information content (AvgIpc) is 3.34. The molecule has 0 atom stereocenters. The number of hydrogen-bond donors (Lipinski definition) is 1. The van der Waals surface area contributed by atoms with Crippen LogP contribution in [0.1, 0.15) is 18.9 Å². The maximum Gasteiger partial charge on any atom is 0.416 e. The molecule has 0 unspecified atom stereocenters. The van der Waals surface area contributed by atoms with E-state index in [0.29, 0.717) is 5.82 Å². The molecule has 4 heterocycles. The number of anilines is 1. The lowest BCUT2D eigenvalue weighted by atomic mass is 10.2. The fraction of sp³-hybridized carbons (Fsp3) is 0.278. The van der Waals surface area contributed by atoms with Crippen molar-refractivity contribution in [3.05, 3.63) is 36.2 Å². The molecule has 0 amide bonds. The number of nitrogens with zero attached hydrogens (tertiary/aromatic N) is 7. The fourth-order valence-corrected chi connectivity index (χ4v) is 3.99. The molecule has 0 aromatic carbocycles. The summed E-state index contributed by atoms with van der Waals surface area (Å²) in [5, 5.41) is 19.7. The van der Waals surface area contributed by atoms with Crippen LogP contribution in [0, 0.1) is 11.3 Å². The van der Waals surface area contributed by atoms with Crippen molar-refractivity contribution in [3.8, 4) is 17.5 Å². The zero-order chi connectivity index (χ0) is 23.1. The molecule has 0 fully saturated rings. The molecule has 0 radical (unpaired) electrons. The van der Waals surface area contributed by atoms with Gasteiger partial charge in [0.25, 0.3) is 0 Å². The van der Waals surface area contributed by atoms with E-state index in [9.17, 15) is 21.6 Å². The third kappa shape index (κ3) is 3.71. The van der Waals surface area contributed by atoms with Gasteiger partial charge in [-0.15, -0.1) is 5.10 Å². The van der Waals surface area contributed by atoms with Crippen LogP contribution in [-0.4, -0.2) is 49.9 Å². The van der Waals surface area contributed by atoms with Gasteiger partial charge in [-0.2, -0.15) is 28.0 Å². The molecule has 4 aromatic rings. The molecular weight excluding hydrogens is 449 g/mol. The van der Waals surface area contributed by atoms with Gasteiger partial charge < -0.3 is 5.32 Å². The summed E-state index contributed by atoms with van der Waals surface area (Å²) >= 11 is 0. The van der Waals surface area contributed by atoms with Crippen LogP contribution in [0.2, 0.25) is 0 Å². The Bertz CT molecular complexity index is 1470. The number of fused-ring (bicyclic) bond motifs is 2. The zero-order valence-corrected chi connectivity index (χ0v) is 17.3. The first-order valence-corrected chi connectivity index (χ1v) is 11.0. The van der Waals surface area contributed by atoms with Gasteiger partial charge in [-0.3, -0.25) is 0 Å². The predicted octanol–water partition coefficient (Wildman–Crippen LogP) is 2.58. The molecule has 0 saturated carbocycles. The Kier molecular flexibility index (Phi) is 5.21. The number of aromatic nitrogens is 6. The summed E-state index contributed by atoms with van der Waals surface area (Å²) in [6.07, 6.45) is -1.86. The molecule has 0 aliphatic rings. The van der Waals surface area contributed by atoms with E-state index < -0.39 is 21.6 Å². The predicted molar refractivity (Wildman–Crippen MR) is 106 cm³/mol. The Morgan fingerprint density at radius 2 is 2.03 bits per heavy atom. The van der Waals surface area contributed by atoms with Crippen LogP contribution < -0.4 is 5.32 Å². The topological polar surface area (TPSA) is 130 Å². The lowest BCUT2D eigenvalue weighted by Gasteiger charge is -2.05. The smallest absolute Gasteiger partial charge is 0.369 e. The number of rotatable bonds is 6. The molecule has 166 valence electrons. The van der Waals surface area contributed by atoms with E-state index in [1.807, 2.05) is 6.07 Å². The Balaban J connectivity index is 1.95. The molecule has 4 aromatic heterocycles. The van der Waals surface area contributed by atoms with Crippen molar-refractivity contribution in [2.45, 2.75) is 24.5 Å². The Labute approximate surface area is 179 Å².